The highest BCUT2D eigenvalue weighted by Gasteiger charge is 2.24. The summed E-state index contributed by atoms with van der Waals surface area (Å²) in [6.45, 7) is 6.37. The maximum atomic E-state index is 5.25. The van der Waals surface area contributed by atoms with E-state index in [0.717, 1.165) is 30.4 Å². The summed E-state index contributed by atoms with van der Waals surface area (Å²) in [4.78, 5) is 11.5. The minimum Gasteiger partial charge on any atom is -0.481 e. The number of halogens is 1. The predicted molar refractivity (Wildman–Crippen MR) is 76.6 cm³/mol. The Balaban J connectivity index is 2.10. The Morgan fingerprint density at radius 2 is 2.06 bits per heavy atom. The van der Waals surface area contributed by atoms with Crippen LogP contribution in [0.25, 0.3) is 0 Å². The molecule has 1 aliphatic rings. The van der Waals surface area contributed by atoms with Gasteiger partial charge in [0.2, 0.25) is 5.88 Å². The van der Waals surface area contributed by atoms with Crippen molar-refractivity contribution in [3.63, 3.8) is 0 Å². The molecule has 1 atom stereocenters. The average molecular weight is 314 g/mol. The largest absolute Gasteiger partial charge is 0.481 e. The van der Waals surface area contributed by atoms with Crippen LogP contribution in [0.5, 0.6) is 5.88 Å². The first-order chi connectivity index (χ1) is 8.63. The highest BCUT2D eigenvalue weighted by Crippen LogP contribution is 2.30. The first kappa shape index (κ1) is 13.6. The molecule has 0 aliphatic carbocycles. The van der Waals surface area contributed by atoms with Gasteiger partial charge in [-0.05, 0) is 25.7 Å². The summed E-state index contributed by atoms with van der Waals surface area (Å²) in [6.07, 6.45) is 4.00. The van der Waals surface area contributed by atoms with Crippen molar-refractivity contribution in [2.24, 2.45) is 5.92 Å². The molecule has 4 nitrogen and oxygen atoms in total. The van der Waals surface area contributed by atoms with Crippen LogP contribution in [0.4, 0.5) is 5.82 Å². The lowest BCUT2D eigenvalue weighted by molar-refractivity contribution is 0.389. The molecule has 0 bridgehead atoms. The third-order valence-electron chi connectivity index (χ3n) is 3.69. The van der Waals surface area contributed by atoms with E-state index in [1.165, 1.54) is 12.8 Å². The monoisotopic (exact) mass is 313 g/mol. The number of nitrogens with zero attached hydrogens (tertiary/aromatic N) is 3. The van der Waals surface area contributed by atoms with Crippen molar-refractivity contribution in [3.05, 3.63) is 11.9 Å². The Labute approximate surface area is 117 Å². The third-order valence-corrected chi connectivity index (χ3v) is 4.44. The Hall–Kier alpha value is -0.840. The molecule has 5 heteroatoms. The van der Waals surface area contributed by atoms with E-state index in [9.17, 15) is 0 Å². The molecule has 0 radical (unpaired) electrons. The number of alkyl halides is 1. The van der Waals surface area contributed by atoms with Gasteiger partial charge < -0.3 is 9.64 Å². The van der Waals surface area contributed by atoms with Crippen molar-refractivity contribution < 1.29 is 4.74 Å². The van der Waals surface area contributed by atoms with E-state index in [0.29, 0.717) is 10.7 Å². The third kappa shape index (κ3) is 2.76. The van der Waals surface area contributed by atoms with Gasteiger partial charge in [0.05, 0.1) is 12.7 Å². The molecule has 1 fully saturated rings. The van der Waals surface area contributed by atoms with E-state index in [4.69, 9.17) is 4.74 Å². The summed E-state index contributed by atoms with van der Waals surface area (Å²) in [5.74, 6) is 2.46. The Bertz CT molecular complexity index is 403. The van der Waals surface area contributed by atoms with Crippen LogP contribution >= 0.6 is 15.9 Å². The number of rotatable bonds is 3. The Morgan fingerprint density at radius 1 is 1.39 bits per heavy atom. The van der Waals surface area contributed by atoms with Crippen LogP contribution in [0.2, 0.25) is 0 Å². The fourth-order valence-electron chi connectivity index (χ4n) is 2.52. The number of anilines is 1. The van der Waals surface area contributed by atoms with Gasteiger partial charge in [-0.2, -0.15) is 0 Å². The molecule has 18 heavy (non-hydrogen) atoms. The molecule has 1 aromatic rings. The highest BCUT2D eigenvalue weighted by molar-refractivity contribution is 9.09. The van der Waals surface area contributed by atoms with Gasteiger partial charge >= 0.3 is 0 Å². The second kappa shape index (κ2) is 5.87. The molecule has 0 aromatic carbocycles. The standard InChI is InChI=1S/C13H20BrN3O/c1-9-12(15-8-16-13(9)18-3)17-6-4-11(5-7-17)10(2)14/h8,10-11H,4-7H2,1-3H3. The second-order valence-corrected chi connectivity index (χ2v) is 6.28. The number of piperidine rings is 1. The molecular weight excluding hydrogens is 294 g/mol. The minimum atomic E-state index is 0.598. The summed E-state index contributed by atoms with van der Waals surface area (Å²) < 4.78 is 5.25. The van der Waals surface area contributed by atoms with Gasteiger partial charge in [0.15, 0.2) is 0 Å². The van der Waals surface area contributed by atoms with Gasteiger partial charge in [-0.1, -0.05) is 22.9 Å². The number of hydrogen-bond donors (Lipinski definition) is 0. The summed E-state index contributed by atoms with van der Waals surface area (Å²) in [5.41, 5.74) is 1.03. The van der Waals surface area contributed by atoms with E-state index >= 15 is 0 Å². The molecule has 1 aromatic heterocycles. The average Bonchev–Trinajstić information content (AvgIpc) is 2.39. The van der Waals surface area contributed by atoms with E-state index in [-0.39, 0.29) is 0 Å². The summed E-state index contributed by atoms with van der Waals surface area (Å²) in [6, 6.07) is 0. The molecule has 2 rings (SSSR count). The molecular formula is C13H20BrN3O. The van der Waals surface area contributed by atoms with Crippen LogP contribution in [0.3, 0.4) is 0 Å². The van der Waals surface area contributed by atoms with E-state index in [2.05, 4.69) is 37.7 Å². The predicted octanol–water partition coefficient (Wildman–Crippen LogP) is 2.79. The summed E-state index contributed by atoms with van der Waals surface area (Å²) >= 11 is 3.69. The zero-order chi connectivity index (χ0) is 13.1. The van der Waals surface area contributed by atoms with Crippen LogP contribution in [0.15, 0.2) is 6.33 Å². The number of hydrogen-bond acceptors (Lipinski definition) is 4. The normalized spacial score (nSPS) is 18.8. The lowest BCUT2D eigenvalue weighted by Crippen LogP contribution is -2.36. The topological polar surface area (TPSA) is 38.3 Å². The SMILES string of the molecule is COc1ncnc(N2CCC(C(C)Br)CC2)c1C. The lowest BCUT2D eigenvalue weighted by atomic mass is 9.94. The van der Waals surface area contributed by atoms with Crippen molar-refractivity contribution >= 4 is 21.7 Å². The van der Waals surface area contributed by atoms with Gasteiger partial charge in [-0.15, -0.1) is 0 Å². The molecule has 1 unspecified atom stereocenters. The van der Waals surface area contributed by atoms with Gasteiger partial charge in [-0.3, -0.25) is 0 Å². The quantitative estimate of drug-likeness (QED) is 0.804. The second-order valence-electron chi connectivity index (χ2n) is 4.83. The van der Waals surface area contributed by atoms with Crippen molar-refractivity contribution in [1.82, 2.24) is 9.97 Å². The fourth-order valence-corrected chi connectivity index (χ4v) is 3.05. The van der Waals surface area contributed by atoms with Gasteiger partial charge in [0.1, 0.15) is 12.1 Å². The number of ether oxygens (including phenoxy) is 1. The van der Waals surface area contributed by atoms with Gasteiger partial charge in [-0.25, -0.2) is 9.97 Å². The van der Waals surface area contributed by atoms with Crippen molar-refractivity contribution in [2.45, 2.75) is 31.5 Å². The van der Waals surface area contributed by atoms with Crippen molar-refractivity contribution in [2.75, 3.05) is 25.1 Å². The minimum absolute atomic E-state index is 0.598. The van der Waals surface area contributed by atoms with Crippen molar-refractivity contribution in [1.29, 1.82) is 0 Å². The lowest BCUT2D eigenvalue weighted by Gasteiger charge is -2.34. The zero-order valence-electron chi connectivity index (χ0n) is 11.2. The molecule has 0 amide bonds. The Kier molecular flexibility index (Phi) is 4.43. The molecule has 2 heterocycles. The molecule has 0 saturated carbocycles. The number of methoxy groups -OCH3 is 1. The smallest absolute Gasteiger partial charge is 0.221 e. The maximum absolute atomic E-state index is 5.25. The maximum Gasteiger partial charge on any atom is 0.221 e. The van der Waals surface area contributed by atoms with Gasteiger partial charge in [0, 0.05) is 17.9 Å². The summed E-state index contributed by atoms with van der Waals surface area (Å²) in [5, 5.41) is 0. The van der Waals surface area contributed by atoms with Crippen LogP contribution in [0, 0.1) is 12.8 Å². The Morgan fingerprint density at radius 3 is 2.61 bits per heavy atom. The molecule has 0 N–H and O–H groups in total. The van der Waals surface area contributed by atoms with Crippen LogP contribution in [-0.4, -0.2) is 35.0 Å². The molecule has 1 saturated heterocycles. The number of aromatic nitrogens is 2. The fraction of sp³-hybridized carbons (Fsp3) is 0.692. The summed E-state index contributed by atoms with van der Waals surface area (Å²) in [7, 11) is 1.65. The first-order valence-corrected chi connectivity index (χ1v) is 7.29. The van der Waals surface area contributed by atoms with E-state index in [1.54, 1.807) is 13.4 Å². The van der Waals surface area contributed by atoms with Crippen LogP contribution in [-0.2, 0) is 0 Å². The molecule has 1 aliphatic heterocycles. The van der Waals surface area contributed by atoms with Gasteiger partial charge in [0.25, 0.3) is 0 Å². The molecule has 0 spiro atoms. The first-order valence-electron chi connectivity index (χ1n) is 6.38. The van der Waals surface area contributed by atoms with Crippen LogP contribution in [0.1, 0.15) is 25.3 Å². The van der Waals surface area contributed by atoms with E-state index < -0.39 is 0 Å². The van der Waals surface area contributed by atoms with Crippen LogP contribution < -0.4 is 9.64 Å². The van der Waals surface area contributed by atoms with Crippen molar-refractivity contribution in [3.8, 4) is 5.88 Å². The zero-order valence-corrected chi connectivity index (χ0v) is 12.8. The highest BCUT2D eigenvalue weighted by atomic mass is 79.9. The molecule has 100 valence electrons. The van der Waals surface area contributed by atoms with E-state index in [1.807, 2.05) is 6.92 Å².